The molecule has 2 aromatic carbocycles. The van der Waals surface area contributed by atoms with Gasteiger partial charge in [-0.05, 0) is 80.1 Å². The molecule has 1 N–H and O–H groups in total. The van der Waals surface area contributed by atoms with Crippen LogP contribution in [0.4, 0.5) is 4.39 Å². The Bertz CT molecular complexity index is 1260. The maximum Gasteiger partial charge on any atom is 0.163 e. The maximum atomic E-state index is 13.7. The first kappa shape index (κ1) is 26.4. The van der Waals surface area contributed by atoms with E-state index in [1.807, 2.05) is 6.92 Å². The van der Waals surface area contributed by atoms with Crippen LogP contribution in [0.5, 0.6) is 11.5 Å². The number of Topliss-reactive ketones (excluding diaryl/α,β-unsaturated/α-hetero) is 1. The van der Waals surface area contributed by atoms with E-state index in [0.717, 1.165) is 19.3 Å². The van der Waals surface area contributed by atoms with Gasteiger partial charge >= 0.3 is 0 Å². The van der Waals surface area contributed by atoms with Gasteiger partial charge in [-0.25, -0.2) is 9.37 Å². The van der Waals surface area contributed by atoms with E-state index in [4.69, 9.17) is 37.7 Å². The van der Waals surface area contributed by atoms with Crippen LogP contribution in [0.1, 0.15) is 55.1 Å². The molecule has 0 spiro atoms. The number of aliphatic hydroxyl groups is 1. The quantitative estimate of drug-likeness (QED) is 0.264. The zero-order valence-corrected chi connectivity index (χ0v) is 21.7. The molecule has 1 heterocycles. The predicted molar refractivity (Wildman–Crippen MR) is 139 cm³/mol. The summed E-state index contributed by atoms with van der Waals surface area (Å²) in [6, 6.07) is 12.7. The Balaban J connectivity index is 1.58. The summed E-state index contributed by atoms with van der Waals surface area (Å²) in [4.78, 5) is 17.7. The standard InChI is InChI=1S/C28H28Cl2FNO4/c1-3-14-36-24-9-5-17(15-21(24)30)23(33)12-13-28(34,19-6-7-19)26-11-10-25(35-2)27(32-26)18-4-8-22(31)20(29)16-18/h4-5,8-11,15-16,19,34H,3,6-7,12-14H2,1-2H3. The number of aromatic nitrogens is 1. The third-order valence-corrected chi connectivity index (χ3v) is 7.00. The summed E-state index contributed by atoms with van der Waals surface area (Å²) >= 11 is 12.3. The molecular weight excluding hydrogens is 504 g/mol. The minimum absolute atomic E-state index is 0.00995. The van der Waals surface area contributed by atoms with E-state index in [9.17, 15) is 14.3 Å². The van der Waals surface area contributed by atoms with E-state index < -0.39 is 11.4 Å². The lowest BCUT2D eigenvalue weighted by atomic mass is 9.86. The summed E-state index contributed by atoms with van der Waals surface area (Å²) in [7, 11) is 1.51. The van der Waals surface area contributed by atoms with Gasteiger partial charge in [0.2, 0.25) is 0 Å². The minimum atomic E-state index is -1.30. The predicted octanol–water partition coefficient (Wildman–Crippen LogP) is 7.25. The fraction of sp³-hybridized carbons (Fsp3) is 0.357. The zero-order valence-electron chi connectivity index (χ0n) is 20.2. The Hall–Kier alpha value is -2.67. The van der Waals surface area contributed by atoms with Crippen LogP contribution in [0.15, 0.2) is 48.5 Å². The van der Waals surface area contributed by atoms with E-state index in [2.05, 4.69) is 0 Å². The van der Waals surface area contributed by atoms with Gasteiger partial charge in [-0.15, -0.1) is 0 Å². The first-order chi connectivity index (χ1) is 17.3. The number of halogens is 3. The van der Waals surface area contributed by atoms with Gasteiger partial charge < -0.3 is 14.6 Å². The first-order valence-electron chi connectivity index (χ1n) is 12.0. The number of hydrogen-bond acceptors (Lipinski definition) is 5. The highest BCUT2D eigenvalue weighted by Gasteiger charge is 2.46. The van der Waals surface area contributed by atoms with Gasteiger partial charge in [0, 0.05) is 17.5 Å². The van der Waals surface area contributed by atoms with Crippen LogP contribution in [0.3, 0.4) is 0 Å². The van der Waals surface area contributed by atoms with E-state index in [-0.39, 0.29) is 29.6 Å². The Labute approximate surface area is 220 Å². The minimum Gasteiger partial charge on any atom is -0.494 e. The second-order valence-corrected chi connectivity index (χ2v) is 9.81. The molecule has 1 unspecified atom stereocenters. The van der Waals surface area contributed by atoms with Crippen LogP contribution in [-0.2, 0) is 5.60 Å². The molecule has 1 aliphatic rings. The second kappa shape index (κ2) is 11.2. The summed E-state index contributed by atoms with van der Waals surface area (Å²) in [6.45, 7) is 2.55. The molecule has 1 aliphatic carbocycles. The van der Waals surface area contributed by atoms with Crippen molar-refractivity contribution in [1.82, 2.24) is 4.98 Å². The van der Waals surface area contributed by atoms with Gasteiger partial charge in [0.25, 0.3) is 0 Å². The fourth-order valence-electron chi connectivity index (χ4n) is 4.26. The van der Waals surface area contributed by atoms with Crippen molar-refractivity contribution >= 4 is 29.0 Å². The summed E-state index contributed by atoms with van der Waals surface area (Å²) in [5, 5.41) is 12.1. The topological polar surface area (TPSA) is 68.7 Å². The van der Waals surface area contributed by atoms with Crippen LogP contribution < -0.4 is 9.47 Å². The molecule has 5 nitrogen and oxygen atoms in total. The molecule has 0 saturated heterocycles. The number of nitrogens with zero attached hydrogens (tertiary/aromatic N) is 1. The van der Waals surface area contributed by atoms with Crippen molar-refractivity contribution in [2.75, 3.05) is 13.7 Å². The molecule has 3 aromatic rings. The largest absolute Gasteiger partial charge is 0.494 e. The Kier molecular flexibility index (Phi) is 8.18. The molecule has 36 heavy (non-hydrogen) atoms. The smallest absolute Gasteiger partial charge is 0.163 e. The lowest BCUT2D eigenvalue weighted by Crippen LogP contribution is -2.30. The lowest BCUT2D eigenvalue weighted by Gasteiger charge is -2.28. The van der Waals surface area contributed by atoms with Crippen molar-refractivity contribution in [3.05, 3.63) is 75.7 Å². The number of ketones is 1. The Morgan fingerprint density at radius 1 is 1.11 bits per heavy atom. The molecule has 1 fully saturated rings. The van der Waals surface area contributed by atoms with Gasteiger partial charge in [0.1, 0.15) is 28.6 Å². The van der Waals surface area contributed by atoms with E-state index in [0.29, 0.717) is 45.6 Å². The third kappa shape index (κ3) is 5.66. The van der Waals surface area contributed by atoms with Gasteiger partial charge in [-0.3, -0.25) is 4.79 Å². The molecule has 0 radical (unpaired) electrons. The van der Waals surface area contributed by atoms with Crippen LogP contribution in [-0.4, -0.2) is 29.6 Å². The van der Waals surface area contributed by atoms with Crippen LogP contribution in [0.2, 0.25) is 10.0 Å². The molecule has 4 rings (SSSR count). The summed E-state index contributed by atoms with van der Waals surface area (Å²) < 4.78 is 24.8. The van der Waals surface area contributed by atoms with Crippen molar-refractivity contribution in [3.8, 4) is 22.8 Å². The molecule has 0 aliphatic heterocycles. The van der Waals surface area contributed by atoms with Crippen LogP contribution >= 0.6 is 23.2 Å². The average molecular weight is 532 g/mol. The second-order valence-electron chi connectivity index (χ2n) is 8.99. The van der Waals surface area contributed by atoms with Gasteiger partial charge in [-0.1, -0.05) is 30.1 Å². The van der Waals surface area contributed by atoms with Crippen LogP contribution in [0.25, 0.3) is 11.3 Å². The van der Waals surface area contributed by atoms with Crippen molar-refractivity contribution in [3.63, 3.8) is 0 Å². The zero-order chi connectivity index (χ0) is 25.9. The highest BCUT2D eigenvalue weighted by molar-refractivity contribution is 6.32. The van der Waals surface area contributed by atoms with Gasteiger partial charge in [-0.2, -0.15) is 0 Å². The van der Waals surface area contributed by atoms with E-state index in [1.165, 1.54) is 19.2 Å². The lowest BCUT2D eigenvalue weighted by molar-refractivity contribution is -0.00110. The number of hydrogen-bond donors (Lipinski definition) is 1. The summed E-state index contributed by atoms with van der Waals surface area (Å²) in [6.07, 6.45) is 2.85. The summed E-state index contributed by atoms with van der Waals surface area (Å²) in [5.74, 6) is 0.339. The molecule has 1 atom stereocenters. The highest BCUT2D eigenvalue weighted by atomic mass is 35.5. The van der Waals surface area contributed by atoms with E-state index >= 15 is 0 Å². The number of methoxy groups -OCH3 is 1. The fourth-order valence-corrected chi connectivity index (χ4v) is 4.67. The number of carbonyl (C=O) groups excluding carboxylic acids is 1. The maximum absolute atomic E-state index is 13.7. The molecule has 1 aromatic heterocycles. The Morgan fingerprint density at radius 3 is 2.50 bits per heavy atom. The number of rotatable bonds is 11. The number of ether oxygens (including phenoxy) is 2. The number of carbonyl (C=O) groups is 1. The Morgan fingerprint density at radius 2 is 1.86 bits per heavy atom. The van der Waals surface area contributed by atoms with Crippen molar-refractivity contribution in [2.24, 2.45) is 5.92 Å². The molecular formula is C28H28Cl2FNO4. The number of pyridine rings is 1. The van der Waals surface area contributed by atoms with Gasteiger partial charge in [0.05, 0.1) is 29.5 Å². The number of benzene rings is 2. The van der Waals surface area contributed by atoms with E-state index in [1.54, 1.807) is 36.4 Å². The monoisotopic (exact) mass is 531 g/mol. The molecule has 0 bridgehead atoms. The van der Waals surface area contributed by atoms with Crippen molar-refractivity contribution < 1.29 is 23.8 Å². The molecule has 8 heteroatoms. The average Bonchev–Trinajstić information content (AvgIpc) is 3.74. The molecule has 0 amide bonds. The molecule has 190 valence electrons. The third-order valence-electron chi connectivity index (χ3n) is 6.42. The first-order valence-corrected chi connectivity index (χ1v) is 12.7. The summed E-state index contributed by atoms with van der Waals surface area (Å²) in [5.41, 5.74) is 0.613. The normalized spacial score (nSPS) is 14.8. The van der Waals surface area contributed by atoms with Gasteiger partial charge in [0.15, 0.2) is 5.78 Å². The van der Waals surface area contributed by atoms with Crippen molar-refractivity contribution in [1.29, 1.82) is 0 Å². The highest BCUT2D eigenvalue weighted by Crippen LogP contribution is 2.49. The molecule has 1 saturated carbocycles. The SMILES string of the molecule is CCCOc1ccc(C(=O)CCC(O)(c2ccc(OC)c(-c3ccc(F)c(Cl)c3)n2)C2CC2)cc1Cl. The van der Waals surface area contributed by atoms with Crippen molar-refractivity contribution in [2.45, 2.75) is 44.6 Å². The van der Waals surface area contributed by atoms with Crippen LogP contribution in [0, 0.1) is 11.7 Å².